The molecule has 0 aromatic heterocycles. The van der Waals surface area contributed by atoms with Crippen LogP contribution in [0.25, 0.3) is 0 Å². The molecule has 0 bridgehead atoms. The first-order chi connectivity index (χ1) is 8.47. The molecule has 2 rings (SSSR count). The molecule has 1 N–H and O–H groups in total. The smallest absolute Gasteiger partial charge is 0.229 e. The zero-order chi connectivity index (χ0) is 13.2. The van der Waals surface area contributed by atoms with E-state index in [1.165, 1.54) is 0 Å². The normalized spacial score (nSPS) is 14.8. The molecular weight excluding hydrogens is 230 g/mol. The number of rotatable bonds is 1. The molecule has 1 aliphatic rings. The molecule has 0 radical (unpaired) electrons. The zero-order valence-electron chi connectivity index (χ0n) is 11.1. The number of carbonyl (C=O) groups is 1. The molecule has 1 aromatic carbocycles. The van der Waals surface area contributed by atoms with Gasteiger partial charge in [0.2, 0.25) is 5.91 Å². The summed E-state index contributed by atoms with van der Waals surface area (Å²) in [7, 11) is 0. The second-order valence-electron chi connectivity index (χ2n) is 5.42. The molecular formula is C14H19NO3. The number of benzene rings is 1. The number of hydrogen-bond donors (Lipinski definition) is 1. The molecule has 98 valence electrons. The summed E-state index contributed by atoms with van der Waals surface area (Å²) in [6.45, 7) is 6.95. The maximum atomic E-state index is 11.9. The van der Waals surface area contributed by atoms with E-state index in [-0.39, 0.29) is 5.91 Å². The molecule has 0 saturated heterocycles. The number of carbonyl (C=O) groups excluding carboxylic acids is 1. The number of hydrogen-bond acceptors (Lipinski definition) is 3. The fraction of sp³-hybridized carbons (Fsp3) is 0.500. The van der Waals surface area contributed by atoms with Crippen LogP contribution in [0.5, 0.6) is 11.5 Å². The average Bonchev–Trinajstić information content (AvgIpc) is 2.52. The summed E-state index contributed by atoms with van der Waals surface area (Å²) in [4.78, 5) is 11.9. The molecule has 1 aliphatic heterocycles. The van der Waals surface area contributed by atoms with Crippen LogP contribution in [0, 0.1) is 5.41 Å². The molecule has 0 fully saturated rings. The van der Waals surface area contributed by atoms with Gasteiger partial charge in [-0.15, -0.1) is 0 Å². The van der Waals surface area contributed by atoms with Crippen molar-refractivity contribution in [2.75, 3.05) is 18.5 Å². The zero-order valence-corrected chi connectivity index (χ0v) is 11.1. The van der Waals surface area contributed by atoms with Crippen molar-refractivity contribution in [2.45, 2.75) is 27.2 Å². The Bertz CT molecular complexity index is 449. The van der Waals surface area contributed by atoms with E-state index in [9.17, 15) is 4.79 Å². The standard InChI is InChI=1S/C14H19NO3/c1-14(2,3)13(16)15-10-5-6-11-12(9-10)18-8-4-7-17-11/h5-6,9H,4,7-8H2,1-3H3,(H,15,16). The lowest BCUT2D eigenvalue weighted by molar-refractivity contribution is -0.123. The van der Waals surface area contributed by atoms with Crippen LogP contribution in [-0.4, -0.2) is 19.1 Å². The third-order valence-electron chi connectivity index (χ3n) is 2.69. The molecule has 18 heavy (non-hydrogen) atoms. The van der Waals surface area contributed by atoms with E-state index in [2.05, 4.69) is 5.32 Å². The van der Waals surface area contributed by atoms with Gasteiger partial charge in [0.1, 0.15) is 0 Å². The van der Waals surface area contributed by atoms with Gasteiger partial charge < -0.3 is 14.8 Å². The summed E-state index contributed by atoms with van der Waals surface area (Å²) in [5.41, 5.74) is 0.323. The van der Waals surface area contributed by atoms with E-state index < -0.39 is 5.41 Å². The summed E-state index contributed by atoms with van der Waals surface area (Å²) in [5, 5.41) is 2.88. The largest absolute Gasteiger partial charge is 0.490 e. The molecule has 4 heteroatoms. The Morgan fingerprint density at radius 1 is 1.17 bits per heavy atom. The number of ether oxygens (including phenoxy) is 2. The fourth-order valence-electron chi connectivity index (χ4n) is 1.56. The van der Waals surface area contributed by atoms with Crippen molar-refractivity contribution < 1.29 is 14.3 Å². The van der Waals surface area contributed by atoms with Crippen molar-refractivity contribution >= 4 is 11.6 Å². The van der Waals surface area contributed by atoms with Gasteiger partial charge in [0.15, 0.2) is 11.5 Å². The molecule has 0 spiro atoms. The molecule has 1 amide bonds. The second kappa shape index (κ2) is 4.88. The average molecular weight is 249 g/mol. The lowest BCUT2D eigenvalue weighted by Crippen LogP contribution is -2.27. The van der Waals surface area contributed by atoms with Crippen LogP contribution < -0.4 is 14.8 Å². The van der Waals surface area contributed by atoms with Crippen LogP contribution in [0.15, 0.2) is 18.2 Å². The van der Waals surface area contributed by atoms with Crippen LogP contribution in [0.4, 0.5) is 5.69 Å². The number of amides is 1. The Kier molecular flexibility index (Phi) is 3.45. The Morgan fingerprint density at radius 2 is 1.83 bits per heavy atom. The summed E-state index contributed by atoms with van der Waals surface area (Å²) in [5.74, 6) is 1.41. The van der Waals surface area contributed by atoms with Gasteiger partial charge in [-0.3, -0.25) is 4.79 Å². The third kappa shape index (κ3) is 2.94. The molecule has 1 heterocycles. The van der Waals surface area contributed by atoms with E-state index in [4.69, 9.17) is 9.47 Å². The first-order valence-corrected chi connectivity index (χ1v) is 6.18. The summed E-state index contributed by atoms with van der Waals surface area (Å²) in [6, 6.07) is 5.47. The van der Waals surface area contributed by atoms with Crippen molar-refractivity contribution in [1.82, 2.24) is 0 Å². The van der Waals surface area contributed by atoms with Gasteiger partial charge in [0.25, 0.3) is 0 Å². The minimum Gasteiger partial charge on any atom is -0.490 e. The monoisotopic (exact) mass is 249 g/mol. The highest BCUT2D eigenvalue weighted by molar-refractivity contribution is 5.94. The topological polar surface area (TPSA) is 47.6 Å². The van der Waals surface area contributed by atoms with E-state index in [1.54, 1.807) is 0 Å². The molecule has 4 nitrogen and oxygen atoms in total. The van der Waals surface area contributed by atoms with Crippen LogP contribution in [0.2, 0.25) is 0 Å². The fourth-order valence-corrected chi connectivity index (χ4v) is 1.56. The van der Waals surface area contributed by atoms with Gasteiger partial charge in [0, 0.05) is 23.6 Å². The van der Waals surface area contributed by atoms with Gasteiger partial charge in [-0.2, -0.15) is 0 Å². The second-order valence-corrected chi connectivity index (χ2v) is 5.42. The van der Waals surface area contributed by atoms with Gasteiger partial charge in [0.05, 0.1) is 13.2 Å². The first kappa shape index (κ1) is 12.7. The summed E-state index contributed by atoms with van der Waals surface area (Å²) >= 11 is 0. The van der Waals surface area contributed by atoms with Crippen molar-refractivity contribution in [1.29, 1.82) is 0 Å². The maximum Gasteiger partial charge on any atom is 0.229 e. The van der Waals surface area contributed by atoms with Gasteiger partial charge in [-0.25, -0.2) is 0 Å². The van der Waals surface area contributed by atoms with Gasteiger partial charge >= 0.3 is 0 Å². The minimum absolute atomic E-state index is 0.0167. The van der Waals surface area contributed by atoms with Crippen LogP contribution in [-0.2, 0) is 4.79 Å². The van der Waals surface area contributed by atoms with Gasteiger partial charge in [-0.1, -0.05) is 20.8 Å². The van der Waals surface area contributed by atoms with Crippen LogP contribution in [0.3, 0.4) is 0 Å². The Balaban J connectivity index is 2.16. The molecule has 0 saturated carbocycles. The lowest BCUT2D eigenvalue weighted by atomic mass is 9.95. The molecule has 1 aromatic rings. The van der Waals surface area contributed by atoms with Gasteiger partial charge in [-0.05, 0) is 12.1 Å². The highest BCUT2D eigenvalue weighted by atomic mass is 16.5. The SMILES string of the molecule is CC(C)(C)C(=O)Nc1ccc2c(c1)OCCCO2. The highest BCUT2D eigenvalue weighted by Gasteiger charge is 2.21. The van der Waals surface area contributed by atoms with Crippen molar-refractivity contribution in [3.05, 3.63) is 18.2 Å². The predicted octanol–water partition coefficient (Wildman–Crippen LogP) is 2.83. The highest BCUT2D eigenvalue weighted by Crippen LogP contribution is 2.32. The Labute approximate surface area is 107 Å². The predicted molar refractivity (Wildman–Crippen MR) is 70.1 cm³/mol. The van der Waals surface area contributed by atoms with Crippen molar-refractivity contribution in [2.24, 2.45) is 5.41 Å². The first-order valence-electron chi connectivity index (χ1n) is 6.18. The Morgan fingerprint density at radius 3 is 2.50 bits per heavy atom. The molecule has 0 aliphatic carbocycles. The van der Waals surface area contributed by atoms with E-state index in [1.807, 2.05) is 39.0 Å². The van der Waals surface area contributed by atoms with Crippen LogP contribution >= 0.6 is 0 Å². The Hall–Kier alpha value is -1.71. The van der Waals surface area contributed by atoms with Crippen molar-refractivity contribution in [3.8, 4) is 11.5 Å². The minimum atomic E-state index is -0.413. The number of nitrogens with one attached hydrogen (secondary N) is 1. The molecule has 0 atom stereocenters. The number of anilines is 1. The lowest BCUT2D eigenvalue weighted by Gasteiger charge is -2.18. The van der Waals surface area contributed by atoms with E-state index >= 15 is 0 Å². The summed E-state index contributed by atoms with van der Waals surface area (Å²) in [6.07, 6.45) is 0.873. The molecule has 0 unspecified atom stereocenters. The van der Waals surface area contributed by atoms with E-state index in [0.717, 1.165) is 17.9 Å². The van der Waals surface area contributed by atoms with Crippen LogP contribution in [0.1, 0.15) is 27.2 Å². The van der Waals surface area contributed by atoms with E-state index in [0.29, 0.717) is 19.0 Å². The van der Waals surface area contributed by atoms with Crippen molar-refractivity contribution in [3.63, 3.8) is 0 Å². The number of fused-ring (bicyclic) bond motifs is 1. The maximum absolute atomic E-state index is 11.9. The third-order valence-corrected chi connectivity index (χ3v) is 2.69. The summed E-state index contributed by atoms with van der Waals surface area (Å²) < 4.78 is 11.1. The quantitative estimate of drug-likeness (QED) is 0.832.